The lowest BCUT2D eigenvalue weighted by atomic mass is 9.80. The van der Waals surface area contributed by atoms with Gasteiger partial charge in [0.25, 0.3) is 0 Å². The molecular formula is C58H43NO2. The van der Waals surface area contributed by atoms with Gasteiger partial charge in [0.15, 0.2) is 0 Å². The van der Waals surface area contributed by atoms with E-state index in [2.05, 4.69) is 181 Å². The SMILES string of the molecule is c1cc(-c2cccc3c2oc2ccccc23)cc(N(c2ccccc2-c2ccc3oc4ccccc4c3c2)c2ccccc2-c2cccc3cccc(C4CCCCC4)c23)c1. The summed E-state index contributed by atoms with van der Waals surface area (Å²) in [5, 5.41) is 7.16. The summed E-state index contributed by atoms with van der Waals surface area (Å²) in [5.74, 6) is 0.564. The molecule has 0 atom stereocenters. The van der Waals surface area contributed by atoms with Crippen LogP contribution in [0.4, 0.5) is 17.1 Å². The molecule has 0 amide bonds. The third kappa shape index (κ3) is 6.03. The van der Waals surface area contributed by atoms with E-state index in [1.165, 1.54) is 59.6 Å². The molecule has 2 heterocycles. The van der Waals surface area contributed by atoms with Crippen molar-refractivity contribution in [2.75, 3.05) is 4.90 Å². The van der Waals surface area contributed by atoms with E-state index >= 15 is 0 Å². The lowest BCUT2D eigenvalue weighted by Gasteiger charge is -2.31. The van der Waals surface area contributed by atoms with Gasteiger partial charge in [0.1, 0.15) is 22.3 Å². The highest BCUT2D eigenvalue weighted by atomic mass is 16.3. The number of hydrogen-bond donors (Lipinski definition) is 0. The first-order chi connectivity index (χ1) is 30.3. The van der Waals surface area contributed by atoms with E-state index in [4.69, 9.17) is 8.83 Å². The molecule has 0 N–H and O–H groups in total. The van der Waals surface area contributed by atoms with Gasteiger partial charge in [0, 0.05) is 43.9 Å². The van der Waals surface area contributed by atoms with Gasteiger partial charge < -0.3 is 13.7 Å². The molecule has 292 valence electrons. The average molecular weight is 786 g/mol. The highest BCUT2D eigenvalue weighted by molar-refractivity contribution is 6.11. The first-order valence-corrected chi connectivity index (χ1v) is 21.7. The summed E-state index contributed by atoms with van der Waals surface area (Å²) in [6.45, 7) is 0. The normalized spacial score (nSPS) is 13.5. The van der Waals surface area contributed by atoms with Gasteiger partial charge in [-0.3, -0.25) is 0 Å². The summed E-state index contributed by atoms with van der Waals surface area (Å²) in [6.07, 6.45) is 6.41. The van der Waals surface area contributed by atoms with E-state index in [9.17, 15) is 0 Å². The molecule has 1 fully saturated rings. The Morgan fingerprint density at radius 2 is 0.984 bits per heavy atom. The summed E-state index contributed by atoms with van der Waals surface area (Å²) in [6, 6.07) is 70.4. The standard InChI is InChI=1S/C58H43NO2/c1-2-16-38(17-3-1)44-26-13-18-39-19-14-28-49(57(39)44)46-23-5-9-31-53(46)59(42-21-12-20-40(36-42)45-27-15-29-50-47-24-6-11-33-55(47)61-58(45)50)52-30-8-4-22-43(52)41-34-35-56-51(37-41)48-25-7-10-32-54(48)60-56/h4-15,18-38H,1-3,16-17H2. The Kier molecular flexibility index (Phi) is 8.59. The van der Waals surface area contributed by atoms with Crippen LogP contribution in [0.3, 0.4) is 0 Å². The second kappa shape index (κ2) is 14.7. The molecule has 0 radical (unpaired) electrons. The largest absolute Gasteiger partial charge is 0.456 e. The van der Waals surface area contributed by atoms with Crippen molar-refractivity contribution in [3.05, 3.63) is 200 Å². The van der Waals surface area contributed by atoms with Gasteiger partial charge in [-0.2, -0.15) is 0 Å². The molecule has 0 unspecified atom stereocenters. The Morgan fingerprint density at radius 1 is 0.393 bits per heavy atom. The second-order valence-corrected chi connectivity index (χ2v) is 16.6. The third-order valence-electron chi connectivity index (χ3n) is 13.1. The number of anilines is 3. The maximum atomic E-state index is 6.60. The van der Waals surface area contributed by atoms with Gasteiger partial charge in [0.2, 0.25) is 0 Å². The number of para-hydroxylation sites is 5. The van der Waals surface area contributed by atoms with Gasteiger partial charge >= 0.3 is 0 Å². The summed E-state index contributed by atoms with van der Waals surface area (Å²) >= 11 is 0. The predicted molar refractivity (Wildman–Crippen MR) is 255 cm³/mol. The second-order valence-electron chi connectivity index (χ2n) is 16.6. The molecule has 61 heavy (non-hydrogen) atoms. The predicted octanol–water partition coefficient (Wildman–Crippen LogP) is 17.2. The maximum Gasteiger partial charge on any atom is 0.143 e. The fourth-order valence-corrected chi connectivity index (χ4v) is 10.2. The molecule has 1 aliphatic rings. The Bertz CT molecular complexity index is 3430. The van der Waals surface area contributed by atoms with Crippen LogP contribution < -0.4 is 4.90 Å². The first-order valence-electron chi connectivity index (χ1n) is 21.7. The van der Waals surface area contributed by atoms with Crippen molar-refractivity contribution < 1.29 is 8.83 Å². The van der Waals surface area contributed by atoms with E-state index in [1.807, 2.05) is 18.2 Å². The number of furan rings is 2. The van der Waals surface area contributed by atoms with Crippen LogP contribution in [0.25, 0.3) is 88.0 Å². The highest BCUT2D eigenvalue weighted by Crippen LogP contribution is 2.49. The Balaban J connectivity index is 1.10. The molecule has 1 aliphatic carbocycles. The van der Waals surface area contributed by atoms with E-state index in [-0.39, 0.29) is 0 Å². The van der Waals surface area contributed by atoms with Crippen LogP contribution in [0.5, 0.6) is 0 Å². The minimum Gasteiger partial charge on any atom is -0.456 e. The van der Waals surface area contributed by atoms with Gasteiger partial charge in [-0.15, -0.1) is 0 Å². The molecule has 12 rings (SSSR count). The smallest absolute Gasteiger partial charge is 0.143 e. The van der Waals surface area contributed by atoms with E-state index in [1.54, 1.807) is 0 Å². The quantitative estimate of drug-likeness (QED) is 0.161. The average Bonchev–Trinajstić information content (AvgIpc) is 3.90. The molecular weight excluding hydrogens is 743 g/mol. The summed E-state index contributed by atoms with van der Waals surface area (Å²) in [4.78, 5) is 2.48. The lowest BCUT2D eigenvalue weighted by molar-refractivity contribution is 0.445. The third-order valence-corrected chi connectivity index (χ3v) is 13.1. The zero-order chi connectivity index (χ0) is 40.3. The van der Waals surface area contributed by atoms with Crippen LogP contribution in [0, 0.1) is 0 Å². The van der Waals surface area contributed by atoms with E-state index in [0.29, 0.717) is 5.92 Å². The van der Waals surface area contributed by atoms with Crippen LogP contribution in [-0.4, -0.2) is 0 Å². The zero-order valence-corrected chi connectivity index (χ0v) is 33.9. The number of hydrogen-bond acceptors (Lipinski definition) is 3. The van der Waals surface area contributed by atoms with Gasteiger partial charge in [-0.05, 0) is 100 Å². The van der Waals surface area contributed by atoms with Crippen molar-refractivity contribution >= 4 is 71.7 Å². The molecule has 0 aliphatic heterocycles. The van der Waals surface area contributed by atoms with Crippen molar-refractivity contribution in [2.24, 2.45) is 0 Å². The van der Waals surface area contributed by atoms with Crippen molar-refractivity contribution in [3.8, 4) is 33.4 Å². The summed E-state index contributed by atoms with van der Waals surface area (Å²) in [7, 11) is 0. The Hall–Kier alpha value is -7.36. The lowest BCUT2D eigenvalue weighted by Crippen LogP contribution is -2.13. The fraction of sp³-hybridized carbons (Fsp3) is 0.103. The van der Waals surface area contributed by atoms with E-state index < -0.39 is 0 Å². The topological polar surface area (TPSA) is 29.5 Å². The minimum absolute atomic E-state index is 0.564. The summed E-state index contributed by atoms with van der Waals surface area (Å²) < 4.78 is 12.9. The van der Waals surface area contributed by atoms with Gasteiger partial charge in [0.05, 0.1) is 11.4 Å². The maximum absolute atomic E-state index is 6.60. The van der Waals surface area contributed by atoms with Crippen LogP contribution in [0.1, 0.15) is 43.6 Å². The van der Waals surface area contributed by atoms with Gasteiger partial charge in [-0.25, -0.2) is 0 Å². The van der Waals surface area contributed by atoms with Crippen LogP contribution >= 0.6 is 0 Å². The van der Waals surface area contributed by atoms with Crippen LogP contribution in [0.2, 0.25) is 0 Å². The number of nitrogens with zero attached hydrogens (tertiary/aromatic N) is 1. The van der Waals surface area contributed by atoms with Crippen LogP contribution in [-0.2, 0) is 0 Å². The van der Waals surface area contributed by atoms with Crippen molar-refractivity contribution in [3.63, 3.8) is 0 Å². The van der Waals surface area contributed by atoms with Crippen molar-refractivity contribution in [1.82, 2.24) is 0 Å². The number of rotatable bonds is 7. The highest BCUT2D eigenvalue weighted by Gasteiger charge is 2.25. The molecule has 3 nitrogen and oxygen atoms in total. The Morgan fingerprint density at radius 3 is 1.82 bits per heavy atom. The molecule has 3 heteroatoms. The number of benzene rings is 9. The minimum atomic E-state index is 0.564. The molecule has 0 bridgehead atoms. The number of fused-ring (bicyclic) bond motifs is 7. The molecule has 11 aromatic rings. The monoisotopic (exact) mass is 785 g/mol. The van der Waals surface area contributed by atoms with E-state index in [0.717, 1.165) is 83.2 Å². The molecule has 2 aromatic heterocycles. The Labute approximate surface area is 355 Å². The molecule has 9 aromatic carbocycles. The van der Waals surface area contributed by atoms with Crippen molar-refractivity contribution in [2.45, 2.75) is 38.0 Å². The summed E-state index contributed by atoms with van der Waals surface area (Å²) in [5.41, 5.74) is 15.3. The zero-order valence-electron chi connectivity index (χ0n) is 33.9. The molecule has 0 saturated heterocycles. The van der Waals surface area contributed by atoms with Gasteiger partial charge in [-0.1, -0.05) is 165 Å². The van der Waals surface area contributed by atoms with Crippen LogP contribution in [0.15, 0.2) is 203 Å². The fourth-order valence-electron chi connectivity index (χ4n) is 10.2. The molecule has 0 spiro atoms. The molecule has 1 saturated carbocycles. The first kappa shape index (κ1) is 35.6. The van der Waals surface area contributed by atoms with Crippen molar-refractivity contribution in [1.29, 1.82) is 0 Å².